The third kappa shape index (κ3) is 2.74. The second-order valence-corrected chi connectivity index (χ2v) is 6.21. The molecule has 0 saturated heterocycles. The zero-order valence-corrected chi connectivity index (χ0v) is 11.7. The van der Waals surface area contributed by atoms with E-state index in [1.807, 2.05) is 0 Å². The van der Waals surface area contributed by atoms with Crippen molar-refractivity contribution in [3.63, 3.8) is 0 Å². The highest BCUT2D eigenvalue weighted by atomic mass is 16.5. The molecule has 1 atom stereocenters. The van der Waals surface area contributed by atoms with E-state index in [1.165, 1.54) is 12.7 Å². The van der Waals surface area contributed by atoms with Crippen molar-refractivity contribution >= 4 is 5.97 Å². The molecule has 2 rings (SSSR count). The van der Waals surface area contributed by atoms with Gasteiger partial charge >= 0.3 is 5.97 Å². The average molecular weight is 246 g/mol. The number of ether oxygens (including phenoxy) is 1. The van der Waals surface area contributed by atoms with Crippen LogP contribution in [0.5, 0.6) is 0 Å². The van der Waals surface area contributed by atoms with Gasteiger partial charge in [0.2, 0.25) is 0 Å². The number of hydrogen-bond donors (Lipinski definition) is 0. The van der Waals surface area contributed by atoms with Crippen molar-refractivity contribution in [2.24, 2.45) is 5.92 Å². The minimum absolute atomic E-state index is 0.0657. The summed E-state index contributed by atoms with van der Waals surface area (Å²) in [6.45, 7) is 6.59. The van der Waals surface area contributed by atoms with Gasteiger partial charge in [0.1, 0.15) is 0 Å². The van der Waals surface area contributed by atoms with Crippen molar-refractivity contribution in [2.75, 3.05) is 7.11 Å². The lowest BCUT2D eigenvalue weighted by Gasteiger charge is -2.20. The number of hydrogen-bond acceptors (Lipinski definition) is 2. The maximum absolute atomic E-state index is 11.9. The standard InChI is InChI=1S/C16H22O2/c1-16(2,3)13-9-7-12(8-10-13)14(11-5-6-11)15(17)18-4/h7-11,14H,5-6H2,1-4H3. The number of carbonyl (C=O) groups excluding carboxylic acids is 1. The summed E-state index contributed by atoms with van der Waals surface area (Å²) >= 11 is 0. The lowest BCUT2D eigenvalue weighted by Crippen LogP contribution is -2.17. The predicted octanol–water partition coefficient (Wildman–Crippen LogP) is 3.65. The normalized spacial score (nSPS) is 17.3. The van der Waals surface area contributed by atoms with E-state index in [0.29, 0.717) is 5.92 Å². The maximum Gasteiger partial charge on any atom is 0.313 e. The van der Waals surface area contributed by atoms with Gasteiger partial charge in [-0.3, -0.25) is 4.79 Å². The summed E-state index contributed by atoms with van der Waals surface area (Å²) in [5.41, 5.74) is 2.54. The van der Waals surface area contributed by atoms with Crippen LogP contribution in [0.1, 0.15) is 50.7 Å². The van der Waals surface area contributed by atoms with E-state index in [2.05, 4.69) is 45.0 Å². The van der Waals surface area contributed by atoms with Gasteiger partial charge in [-0.15, -0.1) is 0 Å². The largest absolute Gasteiger partial charge is 0.469 e. The summed E-state index contributed by atoms with van der Waals surface area (Å²) < 4.78 is 4.93. The highest BCUT2D eigenvalue weighted by Gasteiger charge is 2.38. The third-order valence-electron chi connectivity index (χ3n) is 3.68. The molecule has 1 fully saturated rings. The van der Waals surface area contributed by atoms with Crippen molar-refractivity contribution < 1.29 is 9.53 Å². The first kappa shape index (κ1) is 13.1. The number of methoxy groups -OCH3 is 1. The zero-order chi connectivity index (χ0) is 13.3. The van der Waals surface area contributed by atoms with Crippen molar-refractivity contribution in [3.05, 3.63) is 35.4 Å². The molecule has 0 spiro atoms. The molecule has 1 aromatic carbocycles. The lowest BCUT2D eigenvalue weighted by molar-refractivity contribution is -0.143. The number of rotatable bonds is 3. The maximum atomic E-state index is 11.9. The minimum atomic E-state index is -0.0963. The fourth-order valence-corrected chi connectivity index (χ4v) is 2.35. The smallest absolute Gasteiger partial charge is 0.313 e. The molecular formula is C16H22O2. The van der Waals surface area contributed by atoms with Crippen LogP contribution in [0.2, 0.25) is 0 Å². The van der Waals surface area contributed by atoms with Crippen LogP contribution in [0.15, 0.2) is 24.3 Å². The zero-order valence-electron chi connectivity index (χ0n) is 11.7. The molecule has 0 bridgehead atoms. The van der Waals surface area contributed by atoms with Crippen LogP contribution in [0.25, 0.3) is 0 Å². The van der Waals surface area contributed by atoms with E-state index >= 15 is 0 Å². The average Bonchev–Trinajstić information content (AvgIpc) is 3.13. The Kier molecular flexibility index (Phi) is 3.47. The van der Waals surface area contributed by atoms with Gasteiger partial charge in [0.05, 0.1) is 13.0 Å². The Hall–Kier alpha value is -1.31. The highest BCUT2D eigenvalue weighted by molar-refractivity contribution is 5.79. The monoisotopic (exact) mass is 246 g/mol. The molecular weight excluding hydrogens is 224 g/mol. The van der Waals surface area contributed by atoms with Gasteiger partial charge in [-0.2, -0.15) is 0 Å². The summed E-state index contributed by atoms with van der Waals surface area (Å²) in [7, 11) is 1.47. The summed E-state index contributed by atoms with van der Waals surface area (Å²) in [6, 6.07) is 8.43. The molecule has 0 aromatic heterocycles. The lowest BCUT2D eigenvalue weighted by atomic mass is 9.85. The molecule has 0 amide bonds. The van der Waals surface area contributed by atoms with Gasteiger partial charge in [0.25, 0.3) is 0 Å². The molecule has 1 aliphatic carbocycles. The summed E-state index contributed by atoms with van der Waals surface area (Å²) in [5, 5.41) is 0. The molecule has 2 heteroatoms. The first-order valence-corrected chi connectivity index (χ1v) is 6.62. The Morgan fingerprint density at radius 2 is 1.78 bits per heavy atom. The molecule has 0 N–H and O–H groups in total. The van der Waals surface area contributed by atoms with Crippen LogP contribution in [0.4, 0.5) is 0 Å². The Balaban J connectivity index is 2.24. The van der Waals surface area contributed by atoms with Crippen LogP contribution in [-0.4, -0.2) is 13.1 Å². The Morgan fingerprint density at radius 3 is 2.17 bits per heavy atom. The second-order valence-electron chi connectivity index (χ2n) is 6.21. The van der Waals surface area contributed by atoms with Crippen molar-refractivity contribution in [3.8, 4) is 0 Å². The molecule has 18 heavy (non-hydrogen) atoms. The van der Waals surface area contributed by atoms with Crippen LogP contribution < -0.4 is 0 Å². The SMILES string of the molecule is COC(=O)C(c1ccc(C(C)(C)C)cc1)C1CC1. The van der Waals surface area contributed by atoms with E-state index in [-0.39, 0.29) is 17.3 Å². The molecule has 1 aromatic rings. The fraction of sp³-hybridized carbons (Fsp3) is 0.562. The first-order valence-electron chi connectivity index (χ1n) is 6.62. The van der Waals surface area contributed by atoms with Gasteiger partial charge < -0.3 is 4.74 Å². The highest BCUT2D eigenvalue weighted by Crippen LogP contribution is 2.43. The molecule has 0 aliphatic heterocycles. The van der Waals surface area contributed by atoms with Crippen LogP contribution >= 0.6 is 0 Å². The van der Waals surface area contributed by atoms with Gasteiger partial charge in [0, 0.05) is 0 Å². The fourth-order valence-electron chi connectivity index (χ4n) is 2.35. The topological polar surface area (TPSA) is 26.3 Å². The van der Waals surface area contributed by atoms with Crippen LogP contribution in [-0.2, 0) is 14.9 Å². The van der Waals surface area contributed by atoms with E-state index in [9.17, 15) is 4.79 Å². The number of carbonyl (C=O) groups is 1. The third-order valence-corrected chi connectivity index (χ3v) is 3.68. The minimum Gasteiger partial charge on any atom is -0.469 e. The van der Waals surface area contributed by atoms with Gasteiger partial charge in [-0.25, -0.2) is 0 Å². The molecule has 1 saturated carbocycles. The predicted molar refractivity (Wildman–Crippen MR) is 72.6 cm³/mol. The second kappa shape index (κ2) is 4.75. The van der Waals surface area contributed by atoms with Crippen LogP contribution in [0.3, 0.4) is 0 Å². The van der Waals surface area contributed by atoms with E-state index < -0.39 is 0 Å². The van der Waals surface area contributed by atoms with Crippen LogP contribution in [0, 0.1) is 5.92 Å². The summed E-state index contributed by atoms with van der Waals surface area (Å²) in [4.78, 5) is 11.9. The number of esters is 1. The van der Waals surface area contributed by atoms with Crippen molar-refractivity contribution in [2.45, 2.75) is 44.9 Å². The molecule has 2 nitrogen and oxygen atoms in total. The quantitative estimate of drug-likeness (QED) is 0.761. The van der Waals surface area contributed by atoms with E-state index in [1.54, 1.807) is 0 Å². The van der Waals surface area contributed by atoms with Gasteiger partial charge in [-0.1, -0.05) is 45.0 Å². The Bertz CT molecular complexity index is 421. The molecule has 98 valence electrons. The molecule has 0 heterocycles. The summed E-state index contributed by atoms with van der Waals surface area (Å²) in [6.07, 6.45) is 2.28. The molecule has 0 radical (unpaired) electrons. The molecule has 1 aliphatic rings. The molecule has 1 unspecified atom stereocenters. The van der Waals surface area contributed by atoms with Crippen molar-refractivity contribution in [1.82, 2.24) is 0 Å². The van der Waals surface area contributed by atoms with Gasteiger partial charge in [0.15, 0.2) is 0 Å². The van der Waals surface area contributed by atoms with Gasteiger partial charge in [-0.05, 0) is 35.3 Å². The van der Waals surface area contributed by atoms with Crippen molar-refractivity contribution in [1.29, 1.82) is 0 Å². The van der Waals surface area contributed by atoms with E-state index in [4.69, 9.17) is 4.74 Å². The van der Waals surface area contributed by atoms with E-state index in [0.717, 1.165) is 18.4 Å². The Labute approximate surface area is 109 Å². The summed E-state index contributed by atoms with van der Waals surface area (Å²) in [5.74, 6) is 0.322. The Morgan fingerprint density at radius 1 is 1.22 bits per heavy atom. The number of benzene rings is 1. The first-order chi connectivity index (χ1) is 8.43.